The van der Waals surface area contributed by atoms with Gasteiger partial charge in [0.15, 0.2) is 0 Å². The summed E-state index contributed by atoms with van der Waals surface area (Å²) in [6.07, 6.45) is 2.75. The third-order valence-electron chi connectivity index (χ3n) is 3.10. The molecule has 0 aliphatic rings. The van der Waals surface area contributed by atoms with E-state index in [1.807, 2.05) is 44.6 Å². The molecular weight excluding hydrogens is 262 g/mol. The second-order valence-electron chi connectivity index (χ2n) is 4.41. The fraction of sp³-hybridized carbons (Fsp3) is 0.357. The molecule has 4 nitrogen and oxygen atoms in total. The minimum atomic E-state index is 0.141. The van der Waals surface area contributed by atoms with Crippen LogP contribution < -0.4 is 10.1 Å². The van der Waals surface area contributed by atoms with Crippen molar-refractivity contribution in [3.8, 4) is 5.75 Å². The summed E-state index contributed by atoms with van der Waals surface area (Å²) in [5, 5.41) is 8.38. The zero-order valence-electron chi connectivity index (χ0n) is 11.4. The summed E-state index contributed by atoms with van der Waals surface area (Å²) < 4.78 is 7.21. The number of methoxy groups -OCH3 is 1. The van der Waals surface area contributed by atoms with Crippen LogP contribution in [0.3, 0.4) is 0 Å². The monoisotopic (exact) mass is 279 g/mol. The zero-order valence-corrected chi connectivity index (χ0v) is 12.1. The number of rotatable bonds is 5. The smallest absolute Gasteiger partial charge is 0.125 e. The highest BCUT2D eigenvalue weighted by molar-refractivity contribution is 6.30. The molecule has 0 saturated heterocycles. The van der Waals surface area contributed by atoms with Gasteiger partial charge in [0.1, 0.15) is 5.75 Å². The third-order valence-corrected chi connectivity index (χ3v) is 3.34. The second kappa shape index (κ2) is 6.08. The van der Waals surface area contributed by atoms with E-state index >= 15 is 0 Å². The van der Waals surface area contributed by atoms with Crippen molar-refractivity contribution in [3.63, 3.8) is 0 Å². The summed E-state index contributed by atoms with van der Waals surface area (Å²) in [7, 11) is 5.51. The van der Waals surface area contributed by atoms with E-state index in [1.165, 1.54) is 0 Å². The van der Waals surface area contributed by atoms with E-state index in [2.05, 4.69) is 10.4 Å². The molecule has 0 fully saturated rings. The Kier molecular flexibility index (Phi) is 4.45. The van der Waals surface area contributed by atoms with Gasteiger partial charge in [-0.3, -0.25) is 4.68 Å². The lowest BCUT2D eigenvalue weighted by atomic mass is 10.0. The topological polar surface area (TPSA) is 39.1 Å². The Labute approximate surface area is 118 Å². The van der Waals surface area contributed by atoms with E-state index in [9.17, 15) is 0 Å². The van der Waals surface area contributed by atoms with Crippen LogP contribution in [-0.4, -0.2) is 23.9 Å². The van der Waals surface area contributed by atoms with Gasteiger partial charge in [0.2, 0.25) is 0 Å². The number of hydrogen-bond donors (Lipinski definition) is 1. The third kappa shape index (κ3) is 3.28. The molecule has 0 bridgehead atoms. The van der Waals surface area contributed by atoms with Crippen LogP contribution in [0.2, 0.25) is 5.02 Å². The molecule has 102 valence electrons. The molecule has 1 atom stereocenters. The predicted molar refractivity (Wildman–Crippen MR) is 76.7 cm³/mol. The fourth-order valence-corrected chi connectivity index (χ4v) is 2.28. The quantitative estimate of drug-likeness (QED) is 0.914. The van der Waals surface area contributed by atoms with E-state index in [1.54, 1.807) is 11.8 Å². The predicted octanol–water partition coefficient (Wildman–Crippen LogP) is 2.59. The summed E-state index contributed by atoms with van der Waals surface area (Å²) in [5.41, 5.74) is 2.12. The molecule has 19 heavy (non-hydrogen) atoms. The molecule has 2 aromatic rings. The van der Waals surface area contributed by atoms with Crippen LogP contribution >= 0.6 is 11.6 Å². The average molecular weight is 280 g/mol. The first-order chi connectivity index (χ1) is 9.13. The Morgan fingerprint density at radius 1 is 1.42 bits per heavy atom. The summed E-state index contributed by atoms with van der Waals surface area (Å²) in [6.45, 7) is 0. The summed E-state index contributed by atoms with van der Waals surface area (Å²) in [5.74, 6) is 0.794. The van der Waals surface area contributed by atoms with Gasteiger partial charge in [0.05, 0.1) is 12.8 Å². The fourth-order valence-electron chi connectivity index (χ4n) is 2.12. The molecule has 1 aromatic heterocycles. The molecule has 0 aliphatic carbocycles. The van der Waals surface area contributed by atoms with Crippen LogP contribution in [0.4, 0.5) is 0 Å². The normalized spacial score (nSPS) is 12.4. The molecule has 0 amide bonds. The van der Waals surface area contributed by atoms with Gasteiger partial charge in [-0.2, -0.15) is 5.10 Å². The summed E-state index contributed by atoms with van der Waals surface area (Å²) >= 11 is 5.99. The van der Waals surface area contributed by atoms with Crippen molar-refractivity contribution in [3.05, 3.63) is 46.7 Å². The number of halogens is 1. The summed E-state index contributed by atoms with van der Waals surface area (Å²) in [6, 6.07) is 7.86. The number of nitrogens with one attached hydrogen (secondary N) is 1. The maximum absolute atomic E-state index is 5.99. The number of hydrogen-bond acceptors (Lipinski definition) is 3. The molecule has 1 heterocycles. The van der Waals surface area contributed by atoms with Crippen LogP contribution in [0.1, 0.15) is 17.3 Å². The van der Waals surface area contributed by atoms with Gasteiger partial charge in [-0.1, -0.05) is 17.7 Å². The Hall–Kier alpha value is -1.52. The van der Waals surface area contributed by atoms with Gasteiger partial charge in [-0.05, 0) is 25.2 Å². The highest BCUT2D eigenvalue weighted by Gasteiger charge is 2.16. The minimum absolute atomic E-state index is 0.141. The molecule has 1 unspecified atom stereocenters. The van der Waals surface area contributed by atoms with E-state index in [0.29, 0.717) is 5.02 Å². The van der Waals surface area contributed by atoms with Crippen molar-refractivity contribution in [2.45, 2.75) is 12.5 Å². The van der Waals surface area contributed by atoms with Crippen molar-refractivity contribution < 1.29 is 4.74 Å². The molecule has 0 spiro atoms. The average Bonchev–Trinajstić information content (AvgIpc) is 2.81. The maximum Gasteiger partial charge on any atom is 0.125 e. The van der Waals surface area contributed by atoms with E-state index < -0.39 is 0 Å². The van der Waals surface area contributed by atoms with Crippen LogP contribution in [0.25, 0.3) is 0 Å². The number of benzene rings is 1. The lowest BCUT2D eigenvalue weighted by molar-refractivity contribution is 0.401. The van der Waals surface area contributed by atoms with E-state index in [4.69, 9.17) is 16.3 Å². The van der Waals surface area contributed by atoms with Crippen molar-refractivity contribution in [1.82, 2.24) is 15.1 Å². The largest absolute Gasteiger partial charge is 0.496 e. The number of nitrogens with zero attached hydrogens (tertiary/aromatic N) is 2. The highest BCUT2D eigenvalue weighted by atomic mass is 35.5. The van der Waals surface area contributed by atoms with Crippen molar-refractivity contribution >= 4 is 11.6 Å². The van der Waals surface area contributed by atoms with Gasteiger partial charge in [-0.15, -0.1) is 0 Å². The van der Waals surface area contributed by atoms with Gasteiger partial charge < -0.3 is 10.1 Å². The SMILES string of the molecule is CNC(Cc1ccn(C)n1)c1ccc(Cl)cc1OC. The van der Waals surface area contributed by atoms with Crippen LogP contribution in [0.5, 0.6) is 5.75 Å². The van der Waals surface area contributed by atoms with E-state index in [0.717, 1.165) is 23.4 Å². The maximum atomic E-state index is 5.99. The minimum Gasteiger partial charge on any atom is -0.496 e. The van der Waals surface area contributed by atoms with Crippen LogP contribution in [0, 0.1) is 0 Å². The summed E-state index contributed by atoms with van der Waals surface area (Å²) in [4.78, 5) is 0. The lowest BCUT2D eigenvalue weighted by Gasteiger charge is -2.18. The Morgan fingerprint density at radius 3 is 2.79 bits per heavy atom. The number of aromatic nitrogens is 2. The molecule has 1 aromatic carbocycles. The molecule has 0 aliphatic heterocycles. The molecular formula is C14H18ClN3O. The van der Waals surface area contributed by atoms with Gasteiger partial charge in [0.25, 0.3) is 0 Å². The van der Waals surface area contributed by atoms with Crippen molar-refractivity contribution in [1.29, 1.82) is 0 Å². The Bertz CT molecular complexity index is 553. The lowest BCUT2D eigenvalue weighted by Crippen LogP contribution is -2.20. The number of aryl methyl sites for hydroxylation is 1. The van der Waals surface area contributed by atoms with Gasteiger partial charge in [-0.25, -0.2) is 0 Å². The zero-order chi connectivity index (χ0) is 13.8. The molecule has 0 saturated carbocycles. The first-order valence-corrected chi connectivity index (χ1v) is 6.51. The number of likely N-dealkylation sites (N-methyl/N-ethyl adjacent to an activating group) is 1. The first kappa shape index (κ1) is 13.9. The molecule has 2 rings (SSSR count). The standard InChI is InChI=1S/C14H18ClN3O/c1-16-13(9-11-6-7-18(2)17-11)12-5-4-10(15)8-14(12)19-3/h4-8,13,16H,9H2,1-3H3. The Morgan fingerprint density at radius 2 is 2.21 bits per heavy atom. The Balaban J connectivity index is 2.26. The highest BCUT2D eigenvalue weighted by Crippen LogP contribution is 2.29. The van der Waals surface area contributed by atoms with Crippen molar-refractivity contribution in [2.75, 3.05) is 14.2 Å². The molecule has 5 heteroatoms. The molecule has 1 N–H and O–H groups in total. The van der Waals surface area contributed by atoms with Crippen LogP contribution in [0.15, 0.2) is 30.5 Å². The van der Waals surface area contributed by atoms with Crippen LogP contribution in [-0.2, 0) is 13.5 Å². The molecule has 0 radical (unpaired) electrons. The number of ether oxygens (including phenoxy) is 1. The van der Waals surface area contributed by atoms with Gasteiger partial charge >= 0.3 is 0 Å². The second-order valence-corrected chi connectivity index (χ2v) is 4.85. The van der Waals surface area contributed by atoms with E-state index in [-0.39, 0.29) is 6.04 Å². The van der Waals surface area contributed by atoms with Crippen molar-refractivity contribution in [2.24, 2.45) is 7.05 Å². The van der Waals surface area contributed by atoms with Gasteiger partial charge in [0, 0.05) is 36.3 Å². The first-order valence-electron chi connectivity index (χ1n) is 6.13.